The van der Waals surface area contributed by atoms with Gasteiger partial charge in [-0.05, 0) is 61.9 Å². The van der Waals surface area contributed by atoms with Gasteiger partial charge in [0.05, 0.1) is 24.2 Å². The van der Waals surface area contributed by atoms with Crippen LogP contribution in [0.5, 0.6) is 5.75 Å². The largest absolute Gasteiger partial charge is 0.497 e. The Morgan fingerprint density at radius 2 is 1.94 bits per heavy atom. The van der Waals surface area contributed by atoms with Crippen LogP contribution in [-0.4, -0.2) is 47.3 Å². The van der Waals surface area contributed by atoms with Crippen LogP contribution in [0.2, 0.25) is 0 Å². The van der Waals surface area contributed by atoms with Gasteiger partial charge in [0.2, 0.25) is 5.91 Å². The Bertz CT molecular complexity index is 1170. The predicted octanol–water partition coefficient (Wildman–Crippen LogP) is 4.65. The molecule has 1 aliphatic carbocycles. The molecule has 0 radical (unpaired) electrons. The molecule has 0 saturated carbocycles. The first kappa shape index (κ1) is 24.4. The summed E-state index contributed by atoms with van der Waals surface area (Å²) in [6.45, 7) is 1.78. The molecule has 2 aliphatic rings. The third-order valence-electron chi connectivity index (χ3n) is 5.49. The van der Waals surface area contributed by atoms with Crippen molar-refractivity contribution in [1.82, 2.24) is 4.90 Å². The minimum absolute atomic E-state index is 0.227. The summed E-state index contributed by atoms with van der Waals surface area (Å²) in [5.74, 6) is -0.438. The molecule has 1 fully saturated rings. The summed E-state index contributed by atoms with van der Waals surface area (Å²) in [5.41, 5.74) is 2.24. The summed E-state index contributed by atoms with van der Waals surface area (Å²) < 4.78 is 10.7. The minimum atomic E-state index is -0.426. The summed E-state index contributed by atoms with van der Waals surface area (Å²) in [5, 5.41) is 3.32. The van der Waals surface area contributed by atoms with Gasteiger partial charge in [0.15, 0.2) is 0 Å². The van der Waals surface area contributed by atoms with E-state index in [1.54, 1.807) is 20.1 Å². The van der Waals surface area contributed by atoms with Crippen LogP contribution in [0, 0.1) is 0 Å². The highest BCUT2D eigenvalue weighted by Gasteiger charge is 2.34. The summed E-state index contributed by atoms with van der Waals surface area (Å²) in [6, 6.07) is 7.30. The van der Waals surface area contributed by atoms with Gasteiger partial charge in [0, 0.05) is 4.88 Å². The fraction of sp³-hybridized carbons (Fsp3) is 0.333. The van der Waals surface area contributed by atoms with Crippen LogP contribution < -0.4 is 10.1 Å². The molecule has 34 heavy (non-hydrogen) atoms. The number of anilines is 1. The van der Waals surface area contributed by atoms with E-state index >= 15 is 0 Å². The van der Waals surface area contributed by atoms with Crippen LogP contribution in [0.1, 0.15) is 46.1 Å². The lowest BCUT2D eigenvalue weighted by Crippen LogP contribution is -2.36. The van der Waals surface area contributed by atoms with Crippen molar-refractivity contribution >= 4 is 68.5 Å². The normalized spacial score (nSPS) is 16.5. The molecule has 2 aromatic rings. The van der Waals surface area contributed by atoms with E-state index in [4.69, 9.17) is 21.7 Å². The highest BCUT2D eigenvalue weighted by atomic mass is 32.2. The Labute approximate surface area is 211 Å². The molecule has 1 saturated heterocycles. The minimum Gasteiger partial charge on any atom is -0.497 e. The Balaban J connectivity index is 1.48. The maximum absolute atomic E-state index is 12.9. The number of ether oxygens (including phenoxy) is 2. The number of hydrogen-bond acceptors (Lipinski definition) is 8. The van der Waals surface area contributed by atoms with E-state index in [2.05, 4.69) is 5.32 Å². The van der Waals surface area contributed by atoms with Gasteiger partial charge in [0.25, 0.3) is 5.91 Å². The lowest BCUT2D eigenvalue weighted by Gasteiger charge is -2.14. The van der Waals surface area contributed by atoms with Crippen LogP contribution in [0.4, 0.5) is 5.00 Å². The number of benzene rings is 1. The molecule has 7 nitrogen and oxygen atoms in total. The Morgan fingerprint density at radius 3 is 2.65 bits per heavy atom. The van der Waals surface area contributed by atoms with Gasteiger partial charge < -0.3 is 14.8 Å². The van der Waals surface area contributed by atoms with Crippen molar-refractivity contribution in [1.29, 1.82) is 0 Å². The van der Waals surface area contributed by atoms with Crippen LogP contribution in [0.15, 0.2) is 29.2 Å². The fourth-order valence-electron chi connectivity index (χ4n) is 3.87. The molecule has 1 N–H and O–H groups in total. The zero-order valence-corrected chi connectivity index (χ0v) is 21.3. The number of thiophene rings is 1. The summed E-state index contributed by atoms with van der Waals surface area (Å²) in [4.78, 5) is 41.3. The van der Waals surface area contributed by atoms with Gasteiger partial charge in [-0.1, -0.05) is 36.1 Å². The van der Waals surface area contributed by atoms with Crippen LogP contribution in [0.25, 0.3) is 6.08 Å². The first-order valence-corrected chi connectivity index (χ1v) is 13.0. The summed E-state index contributed by atoms with van der Waals surface area (Å²) in [7, 11) is 1.59. The van der Waals surface area contributed by atoms with E-state index in [0.29, 0.717) is 19.8 Å². The number of nitrogens with one attached hydrogen (secondary N) is 1. The maximum atomic E-state index is 12.9. The SMILES string of the molecule is CCOC(=O)c1c(NC(=O)CN2C(=O)/C(=C/c3ccc(OC)cc3)SC2=S)sc2c1CCCC2. The fourth-order valence-corrected chi connectivity index (χ4v) is 6.42. The lowest BCUT2D eigenvalue weighted by atomic mass is 9.95. The molecule has 0 bridgehead atoms. The lowest BCUT2D eigenvalue weighted by molar-refractivity contribution is -0.126. The Hall–Kier alpha value is -2.69. The summed E-state index contributed by atoms with van der Waals surface area (Å²) in [6.07, 6.45) is 5.47. The van der Waals surface area contributed by atoms with Crippen molar-refractivity contribution in [2.75, 3.05) is 25.6 Å². The van der Waals surface area contributed by atoms with Crippen molar-refractivity contribution in [2.45, 2.75) is 32.6 Å². The molecule has 0 atom stereocenters. The zero-order valence-electron chi connectivity index (χ0n) is 18.8. The number of hydrogen-bond donors (Lipinski definition) is 1. The Morgan fingerprint density at radius 1 is 1.21 bits per heavy atom. The van der Waals surface area contributed by atoms with Gasteiger partial charge in [-0.25, -0.2) is 4.79 Å². The molecule has 2 heterocycles. The van der Waals surface area contributed by atoms with E-state index in [-0.39, 0.29) is 19.1 Å². The van der Waals surface area contributed by atoms with Crippen molar-refractivity contribution in [3.8, 4) is 5.75 Å². The number of nitrogens with zero attached hydrogens (tertiary/aromatic N) is 1. The molecule has 1 aromatic carbocycles. The third kappa shape index (κ3) is 5.18. The second kappa shape index (κ2) is 10.7. The van der Waals surface area contributed by atoms with Gasteiger partial charge in [-0.3, -0.25) is 14.5 Å². The highest BCUT2D eigenvalue weighted by molar-refractivity contribution is 8.26. The van der Waals surface area contributed by atoms with Gasteiger partial charge in [-0.15, -0.1) is 11.3 Å². The first-order valence-electron chi connectivity index (χ1n) is 10.9. The molecule has 0 spiro atoms. The molecular weight excluding hydrogens is 492 g/mol. The highest BCUT2D eigenvalue weighted by Crippen LogP contribution is 2.39. The number of amides is 2. The van der Waals surface area contributed by atoms with Crippen molar-refractivity contribution < 1.29 is 23.9 Å². The molecule has 0 unspecified atom stereocenters. The van der Waals surface area contributed by atoms with E-state index < -0.39 is 11.9 Å². The monoisotopic (exact) mass is 516 g/mol. The second-order valence-corrected chi connectivity index (χ2v) is 10.5. The average Bonchev–Trinajstić information content (AvgIpc) is 3.31. The Kier molecular flexibility index (Phi) is 7.70. The molecule has 4 rings (SSSR count). The third-order valence-corrected chi connectivity index (χ3v) is 8.08. The van der Waals surface area contributed by atoms with Crippen molar-refractivity contribution in [3.05, 3.63) is 50.7 Å². The first-order chi connectivity index (χ1) is 16.4. The molecule has 2 amide bonds. The predicted molar refractivity (Wildman–Crippen MR) is 138 cm³/mol. The topological polar surface area (TPSA) is 84.9 Å². The van der Waals surface area contributed by atoms with Crippen LogP contribution >= 0.6 is 35.3 Å². The van der Waals surface area contributed by atoms with Gasteiger partial charge >= 0.3 is 5.97 Å². The van der Waals surface area contributed by atoms with E-state index in [0.717, 1.165) is 59.2 Å². The molecule has 178 valence electrons. The van der Waals surface area contributed by atoms with E-state index in [1.165, 1.54) is 16.2 Å². The number of carbonyl (C=O) groups is 3. The number of rotatable bonds is 7. The van der Waals surface area contributed by atoms with Crippen LogP contribution in [-0.2, 0) is 27.2 Å². The smallest absolute Gasteiger partial charge is 0.341 e. The number of esters is 1. The van der Waals surface area contributed by atoms with E-state index in [1.807, 2.05) is 24.3 Å². The maximum Gasteiger partial charge on any atom is 0.341 e. The average molecular weight is 517 g/mol. The quantitative estimate of drug-likeness (QED) is 0.326. The van der Waals surface area contributed by atoms with Crippen molar-refractivity contribution in [2.24, 2.45) is 0 Å². The standard InChI is InChI=1S/C24H24N2O5S3/c1-3-31-23(29)20-16-6-4-5-7-17(16)33-21(20)25-19(27)13-26-22(28)18(34-24(26)32)12-14-8-10-15(30-2)11-9-14/h8-12H,3-7,13H2,1-2H3,(H,25,27)/b18-12-. The number of fused-ring (bicyclic) bond motifs is 1. The molecule has 1 aromatic heterocycles. The molecular formula is C24H24N2O5S3. The van der Waals surface area contributed by atoms with E-state index in [9.17, 15) is 14.4 Å². The van der Waals surface area contributed by atoms with Crippen molar-refractivity contribution in [3.63, 3.8) is 0 Å². The number of carbonyl (C=O) groups excluding carboxylic acids is 3. The number of methoxy groups -OCH3 is 1. The van der Waals surface area contributed by atoms with Gasteiger partial charge in [-0.2, -0.15) is 0 Å². The van der Waals surface area contributed by atoms with Crippen LogP contribution in [0.3, 0.4) is 0 Å². The van der Waals surface area contributed by atoms with Gasteiger partial charge in [0.1, 0.15) is 21.6 Å². The second-order valence-electron chi connectivity index (χ2n) is 7.72. The number of aryl methyl sites for hydroxylation is 1. The summed E-state index contributed by atoms with van der Waals surface area (Å²) >= 11 is 7.93. The number of thiocarbonyl (C=S) groups is 1. The molecule has 1 aliphatic heterocycles. The molecule has 10 heteroatoms. The number of thioether (sulfide) groups is 1. The zero-order chi connectivity index (χ0) is 24.2.